The summed E-state index contributed by atoms with van der Waals surface area (Å²) in [6, 6.07) is 11.1. The summed E-state index contributed by atoms with van der Waals surface area (Å²) in [5.41, 5.74) is 2.65. The van der Waals surface area contributed by atoms with Crippen molar-refractivity contribution in [1.82, 2.24) is 0 Å². The molecule has 5 nitrogen and oxygen atoms in total. The Bertz CT molecular complexity index is 763. The lowest BCUT2D eigenvalue weighted by atomic mass is 10.1. The fourth-order valence-electron chi connectivity index (χ4n) is 2.71. The first kappa shape index (κ1) is 17.6. The zero-order chi connectivity index (χ0) is 17.6. The molecule has 1 aliphatic rings. The summed E-state index contributed by atoms with van der Waals surface area (Å²) >= 11 is 6.18. The number of ether oxygens (including phenoxy) is 3. The van der Waals surface area contributed by atoms with Gasteiger partial charge in [0.25, 0.3) is 0 Å². The Morgan fingerprint density at radius 2 is 2.16 bits per heavy atom. The Labute approximate surface area is 151 Å². The van der Waals surface area contributed by atoms with Crippen molar-refractivity contribution in [3.05, 3.63) is 52.5 Å². The van der Waals surface area contributed by atoms with Gasteiger partial charge in [-0.3, -0.25) is 4.79 Å². The number of carbonyl (C=O) groups excluding carboxylic acids is 1. The molecule has 0 aromatic heterocycles. The average Bonchev–Trinajstić information content (AvgIpc) is 3.05. The van der Waals surface area contributed by atoms with Crippen LogP contribution in [-0.4, -0.2) is 32.8 Å². The normalized spacial score (nSPS) is 12.4. The summed E-state index contributed by atoms with van der Waals surface area (Å²) in [6.07, 6.45) is 1.16. The average molecular weight is 362 g/mol. The Hall–Kier alpha value is -2.24. The third kappa shape index (κ3) is 4.44. The number of anilines is 1. The minimum absolute atomic E-state index is 0.127. The van der Waals surface area contributed by atoms with E-state index in [0.717, 1.165) is 23.3 Å². The second-order valence-electron chi connectivity index (χ2n) is 5.72. The van der Waals surface area contributed by atoms with Crippen LogP contribution in [0.1, 0.15) is 11.1 Å². The Kier molecular flexibility index (Phi) is 5.79. The first-order valence-corrected chi connectivity index (χ1v) is 8.50. The molecular formula is C19H20ClNO4. The summed E-state index contributed by atoms with van der Waals surface area (Å²) in [6.45, 7) is 1.50. The number of hydrogen-bond donors (Lipinski definition) is 1. The topological polar surface area (TPSA) is 56.8 Å². The first-order valence-electron chi connectivity index (χ1n) is 8.12. The maximum Gasteiger partial charge on any atom is 0.228 e. The van der Waals surface area contributed by atoms with Crippen molar-refractivity contribution in [2.75, 3.05) is 32.2 Å². The van der Waals surface area contributed by atoms with E-state index in [2.05, 4.69) is 5.32 Å². The maximum atomic E-state index is 12.4. The number of fused-ring (bicyclic) bond motifs is 1. The maximum absolute atomic E-state index is 12.4. The van der Waals surface area contributed by atoms with Crippen molar-refractivity contribution < 1.29 is 19.0 Å². The molecule has 1 heterocycles. The number of methoxy groups -OCH3 is 1. The molecule has 0 radical (unpaired) electrons. The number of benzene rings is 2. The highest BCUT2D eigenvalue weighted by atomic mass is 35.5. The van der Waals surface area contributed by atoms with E-state index in [1.165, 1.54) is 0 Å². The van der Waals surface area contributed by atoms with Crippen LogP contribution >= 0.6 is 11.6 Å². The molecule has 0 unspecified atom stereocenters. The van der Waals surface area contributed by atoms with E-state index in [1.54, 1.807) is 25.3 Å². The van der Waals surface area contributed by atoms with Gasteiger partial charge in [0.2, 0.25) is 5.91 Å². The van der Waals surface area contributed by atoms with E-state index in [4.69, 9.17) is 25.8 Å². The van der Waals surface area contributed by atoms with Gasteiger partial charge in [-0.2, -0.15) is 0 Å². The van der Waals surface area contributed by atoms with E-state index in [-0.39, 0.29) is 12.3 Å². The summed E-state index contributed by atoms with van der Waals surface area (Å²) in [4.78, 5) is 12.4. The summed E-state index contributed by atoms with van der Waals surface area (Å²) in [5.74, 6) is 1.24. The number of halogens is 1. The van der Waals surface area contributed by atoms with Gasteiger partial charge in [-0.25, -0.2) is 0 Å². The Balaban J connectivity index is 1.67. The second kappa shape index (κ2) is 8.23. The third-order valence-corrected chi connectivity index (χ3v) is 4.19. The largest absolute Gasteiger partial charge is 0.493 e. The highest BCUT2D eigenvalue weighted by molar-refractivity contribution is 6.32. The van der Waals surface area contributed by atoms with Gasteiger partial charge in [0.1, 0.15) is 12.4 Å². The molecule has 1 N–H and O–H groups in total. The van der Waals surface area contributed by atoms with Gasteiger partial charge in [-0.05, 0) is 29.3 Å². The SMILES string of the molecule is COCCOc1c(Cl)cccc1NC(=O)Cc1ccc2c(c1)CCO2. The molecule has 6 heteroatoms. The molecule has 0 spiro atoms. The lowest BCUT2D eigenvalue weighted by Crippen LogP contribution is -2.16. The fourth-order valence-corrected chi connectivity index (χ4v) is 2.94. The second-order valence-corrected chi connectivity index (χ2v) is 6.13. The van der Waals surface area contributed by atoms with Crippen molar-refractivity contribution in [3.8, 4) is 11.5 Å². The van der Waals surface area contributed by atoms with Gasteiger partial charge < -0.3 is 19.5 Å². The van der Waals surface area contributed by atoms with E-state index >= 15 is 0 Å². The number of para-hydroxylation sites is 1. The summed E-state index contributed by atoms with van der Waals surface area (Å²) in [5, 5.41) is 3.32. The van der Waals surface area contributed by atoms with Crippen molar-refractivity contribution >= 4 is 23.2 Å². The molecular weight excluding hydrogens is 342 g/mol. The monoisotopic (exact) mass is 361 g/mol. The molecule has 0 bridgehead atoms. The lowest BCUT2D eigenvalue weighted by Gasteiger charge is -2.14. The van der Waals surface area contributed by atoms with Crippen LogP contribution in [0, 0.1) is 0 Å². The van der Waals surface area contributed by atoms with Gasteiger partial charge in [-0.15, -0.1) is 0 Å². The van der Waals surface area contributed by atoms with Crippen LogP contribution in [0.3, 0.4) is 0 Å². The van der Waals surface area contributed by atoms with Gasteiger partial charge in [-0.1, -0.05) is 29.8 Å². The first-order chi connectivity index (χ1) is 12.2. The van der Waals surface area contributed by atoms with Crippen LogP contribution in [0.15, 0.2) is 36.4 Å². The van der Waals surface area contributed by atoms with Gasteiger partial charge in [0.05, 0.1) is 30.3 Å². The predicted octanol–water partition coefficient (Wildman–Crippen LogP) is 3.48. The molecule has 0 saturated heterocycles. The van der Waals surface area contributed by atoms with Crippen molar-refractivity contribution in [1.29, 1.82) is 0 Å². The van der Waals surface area contributed by atoms with Crippen LogP contribution in [0.2, 0.25) is 5.02 Å². The fraction of sp³-hybridized carbons (Fsp3) is 0.316. The highest BCUT2D eigenvalue weighted by Gasteiger charge is 2.15. The molecule has 0 aliphatic carbocycles. The van der Waals surface area contributed by atoms with Crippen molar-refractivity contribution in [2.45, 2.75) is 12.8 Å². The lowest BCUT2D eigenvalue weighted by molar-refractivity contribution is -0.115. The number of nitrogens with one attached hydrogen (secondary N) is 1. The molecule has 2 aromatic rings. The van der Waals surface area contributed by atoms with E-state index in [9.17, 15) is 4.79 Å². The van der Waals surface area contributed by atoms with Gasteiger partial charge in [0, 0.05) is 13.5 Å². The molecule has 0 atom stereocenters. The van der Waals surface area contributed by atoms with E-state index < -0.39 is 0 Å². The van der Waals surface area contributed by atoms with Crippen LogP contribution < -0.4 is 14.8 Å². The van der Waals surface area contributed by atoms with Crippen LogP contribution in [-0.2, 0) is 22.4 Å². The summed E-state index contributed by atoms with van der Waals surface area (Å²) in [7, 11) is 1.60. The zero-order valence-corrected chi connectivity index (χ0v) is 14.8. The number of rotatable bonds is 7. The minimum atomic E-state index is -0.127. The number of carbonyl (C=O) groups is 1. The quantitative estimate of drug-likeness (QED) is 0.767. The number of amides is 1. The minimum Gasteiger partial charge on any atom is -0.493 e. The molecule has 132 valence electrons. The Morgan fingerprint density at radius 1 is 1.28 bits per heavy atom. The Morgan fingerprint density at radius 3 is 3.00 bits per heavy atom. The smallest absolute Gasteiger partial charge is 0.228 e. The zero-order valence-electron chi connectivity index (χ0n) is 14.0. The third-order valence-electron chi connectivity index (χ3n) is 3.89. The molecule has 1 amide bonds. The van der Waals surface area contributed by atoms with E-state index in [1.807, 2.05) is 18.2 Å². The van der Waals surface area contributed by atoms with Crippen molar-refractivity contribution in [2.24, 2.45) is 0 Å². The molecule has 3 rings (SSSR count). The predicted molar refractivity (Wildman–Crippen MR) is 96.8 cm³/mol. The molecule has 25 heavy (non-hydrogen) atoms. The van der Waals surface area contributed by atoms with E-state index in [0.29, 0.717) is 36.3 Å². The molecule has 0 saturated carbocycles. The standard InChI is InChI=1S/C19H20ClNO4/c1-23-9-10-25-19-15(20)3-2-4-16(19)21-18(22)12-13-5-6-17-14(11-13)7-8-24-17/h2-6,11H,7-10,12H2,1H3,(H,21,22). The number of hydrogen-bond acceptors (Lipinski definition) is 4. The van der Waals surface area contributed by atoms with Crippen LogP contribution in [0.25, 0.3) is 0 Å². The highest BCUT2D eigenvalue weighted by Crippen LogP contribution is 2.33. The van der Waals surface area contributed by atoms with Gasteiger partial charge >= 0.3 is 0 Å². The summed E-state index contributed by atoms with van der Waals surface area (Å²) < 4.78 is 16.1. The molecule has 2 aromatic carbocycles. The molecule has 1 aliphatic heterocycles. The van der Waals surface area contributed by atoms with Crippen molar-refractivity contribution in [3.63, 3.8) is 0 Å². The molecule has 0 fully saturated rings. The van der Waals surface area contributed by atoms with Crippen LogP contribution in [0.4, 0.5) is 5.69 Å². The van der Waals surface area contributed by atoms with Crippen LogP contribution in [0.5, 0.6) is 11.5 Å². The van der Waals surface area contributed by atoms with Gasteiger partial charge in [0.15, 0.2) is 5.75 Å².